The summed E-state index contributed by atoms with van der Waals surface area (Å²) in [6.07, 6.45) is 10.1. The highest BCUT2D eigenvalue weighted by Crippen LogP contribution is 2.40. The number of likely N-dealkylation sites (tertiary alicyclic amines) is 1. The fourth-order valence-electron chi connectivity index (χ4n) is 6.03. The van der Waals surface area contributed by atoms with Crippen LogP contribution in [0.5, 0.6) is 5.75 Å². The topological polar surface area (TPSA) is 147 Å². The Kier molecular flexibility index (Phi) is 9.00. The molecule has 1 atom stereocenters. The molecule has 0 radical (unpaired) electrons. The molecule has 1 amide bonds. The van der Waals surface area contributed by atoms with E-state index in [-0.39, 0.29) is 31.3 Å². The number of nitrogen functional groups attached to an aromatic ring is 1. The number of esters is 1. The summed E-state index contributed by atoms with van der Waals surface area (Å²) in [5.41, 5.74) is 10.2. The first-order chi connectivity index (χ1) is 22.5. The van der Waals surface area contributed by atoms with Gasteiger partial charge in [-0.2, -0.15) is 0 Å². The van der Waals surface area contributed by atoms with E-state index in [2.05, 4.69) is 43.7 Å². The largest absolute Gasteiger partial charge is 0.487 e. The van der Waals surface area contributed by atoms with Crippen molar-refractivity contribution < 1.29 is 19.1 Å². The molecule has 0 spiro atoms. The molecule has 2 fully saturated rings. The van der Waals surface area contributed by atoms with E-state index >= 15 is 0 Å². The van der Waals surface area contributed by atoms with Gasteiger partial charge in [0.15, 0.2) is 6.73 Å². The van der Waals surface area contributed by atoms with Crippen molar-refractivity contribution in [3.8, 4) is 16.9 Å². The van der Waals surface area contributed by atoms with Crippen molar-refractivity contribution in [3.05, 3.63) is 60.3 Å². The minimum absolute atomic E-state index is 0.0395. The molecular weight excluding hydrogens is 598 g/mol. The van der Waals surface area contributed by atoms with E-state index in [0.717, 1.165) is 40.8 Å². The Labute approximate surface area is 274 Å². The molecule has 1 saturated carbocycles. The van der Waals surface area contributed by atoms with Crippen LogP contribution in [0.1, 0.15) is 57.5 Å². The number of hydrogen-bond acceptors (Lipinski definition) is 10. The average Bonchev–Trinajstić information content (AvgIpc) is 3.47. The van der Waals surface area contributed by atoms with Crippen LogP contribution in [0, 0.1) is 12.3 Å². The summed E-state index contributed by atoms with van der Waals surface area (Å²) < 4.78 is 15.1. The standard InChI is InChI=1S/C34H43N9O4/c1-22-29(23-8-12-27(13-9-23)46-19-26-17-38-39-42(26)21-47-33(45)34(2,3)4)30-31(35)36-20-37-32(30)43(22)25-14-16-41(18-25)28(44)7-6-15-40(5)24-10-11-24/h6-9,12-13,17,20,24-25H,10-11,14-16,18-19,21H2,1-5H3,(H2,35,36,37)/t25-/m1/s1. The third-order valence-electron chi connectivity index (χ3n) is 8.88. The zero-order chi connectivity index (χ0) is 33.3. The Balaban J connectivity index is 1.15. The molecule has 6 rings (SSSR count). The zero-order valence-electron chi connectivity index (χ0n) is 27.7. The maximum absolute atomic E-state index is 13.0. The molecule has 1 aliphatic carbocycles. The smallest absolute Gasteiger partial charge is 0.313 e. The number of nitrogens with two attached hydrogens (primary N) is 1. The number of rotatable bonds is 11. The minimum atomic E-state index is -0.611. The fraction of sp³-hybridized carbons (Fsp3) is 0.471. The predicted octanol–water partition coefficient (Wildman–Crippen LogP) is 4.13. The van der Waals surface area contributed by atoms with Gasteiger partial charge in [-0.25, -0.2) is 14.6 Å². The third kappa shape index (κ3) is 6.99. The molecule has 4 aromatic rings. The van der Waals surface area contributed by atoms with Gasteiger partial charge in [-0.3, -0.25) is 14.5 Å². The molecule has 1 saturated heterocycles. The molecule has 13 nitrogen and oxygen atoms in total. The van der Waals surface area contributed by atoms with Crippen LogP contribution in [0.15, 0.2) is 48.9 Å². The van der Waals surface area contributed by atoms with Crippen LogP contribution < -0.4 is 10.5 Å². The Morgan fingerprint density at radius 3 is 2.62 bits per heavy atom. The van der Waals surface area contributed by atoms with Gasteiger partial charge in [0.25, 0.3) is 0 Å². The van der Waals surface area contributed by atoms with Crippen molar-refractivity contribution in [2.45, 2.75) is 72.4 Å². The summed E-state index contributed by atoms with van der Waals surface area (Å²) in [5.74, 6) is 0.783. The van der Waals surface area contributed by atoms with Gasteiger partial charge in [0.2, 0.25) is 5.91 Å². The normalized spacial score (nSPS) is 16.9. The summed E-state index contributed by atoms with van der Waals surface area (Å²) in [7, 11) is 2.11. The second-order valence-electron chi connectivity index (χ2n) is 13.4. The zero-order valence-corrected chi connectivity index (χ0v) is 27.7. The van der Waals surface area contributed by atoms with Crippen LogP contribution in [0.4, 0.5) is 5.82 Å². The molecule has 2 N–H and O–H groups in total. The quantitative estimate of drug-likeness (QED) is 0.187. The number of hydrogen-bond donors (Lipinski definition) is 1. The van der Waals surface area contributed by atoms with E-state index in [1.807, 2.05) is 35.2 Å². The van der Waals surface area contributed by atoms with Crippen LogP contribution in [0.3, 0.4) is 0 Å². The number of amides is 1. The van der Waals surface area contributed by atoms with E-state index < -0.39 is 5.41 Å². The third-order valence-corrected chi connectivity index (χ3v) is 8.88. The average molecular weight is 642 g/mol. The number of fused-ring (bicyclic) bond motifs is 1. The molecule has 1 aliphatic heterocycles. The molecule has 248 valence electrons. The van der Waals surface area contributed by atoms with Crippen LogP contribution >= 0.6 is 0 Å². The summed E-state index contributed by atoms with van der Waals surface area (Å²) in [6, 6.07) is 8.50. The van der Waals surface area contributed by atoms with Crippen LogP contribution in [0.25, 0.3) is 22.2 Å². The minimum Gasteiger partial charge on any atom is -0.487 e. The van der Waals surface area contributed by atoms with Crippen molar-refractivity contribution in [1.82, 2.24) is 39.3 Å². The highest BCUT2D eigenvalue weighted by molar-refractivity contribution is 6.02. The highest BCUT2D eigenvalue weighted by Gasteiger charge is 2.31. The van der Waals surface area contributed by atoms with Crippen LogP contribution in [-0.4, -0.2) is 83.9 Å². The second-order valence-corrected chi connectivity index (χ2v) is 13.4. The second kappa shape index (κ2) is 13.1. The molecule has 3 aromatic heterocycles. The van der Waals surface area contributed by atoms with Gasteiger partial charge in [-0.1, -0.05) is 23.4 Å². The van der Waals surface area contributed by atoms with Crippen molar-refractivity contribution in [2.24, 2.45) is 5.41 Å². The highest BCUT2D eigenvalue weighted by atomic mass is 16.5. The van der Waals surface area contributed by atoms with E-state index in [1.54, 1.807) is 33.0 Å². The number of aromatic nitrogens is 6. The van der Waals surface area contributed by atoms with Gasteiger partial charge < -0.3 is 24.7 Å². The maximum Gasteiger partial charge on any atom is 0.313 e. The van der Waals surface area contributed by atoms with Gasteiger partial charge in [-0.15, -0.1) is 5.10 Å². The van der Waals surface area contributed by atoms with Gasteiger partial charge in [0.1, 0.15) is 30.1 Å². The Bertz CT molecular complexity index is 1780. The molecule has 47 heavy (non-hydrogen) atoms. The van der Waals surface area contributed by atoms with Crippen molar-refractivity contribution in [1.29, 1.82) is 0 Å². The Hall–Kier alpha value is -4.78. The molecule has 0 unspecified atom stereocenters. The van der Waals surface area contributed by atoms with Gasteiger partial charge in [0.05, 0.1) is 28.7 Å². The first-order valence-corrected chi connectivity index (χ1v) is 16.1. The molecule has 13 heteroatoms. The number of ether oxygens (including phenoxy) is 2. The molecular formula is C34H43N9O4. The monoisotopic (exact) mass is 641 g/mol. The number of carbonyl (C=O) groups excluding carboxylic acids is 2. The first kappa shape index (κ1) is 32.2. The van der Waals surface area contributed by atoms with E-state index in [1.165, 1.54) is 23.9 Å². The molecule has 2 aliphatic rings. The number of likely N-dealkylation sites (N-methyl/N-ethyl adjacent to an activating group) is 1. The van der Waals surface area contributed by atoms with Gasteiger partial charge in [-0.05, 0) is 71.7 Å². The Morgan fingerprint density at radius 1 is 1.13 bits per heavy atom. The fourth-order valence-corrected chi connectivity index (χ4v) is 6.03. The summed E-state index contributed by atoms with van der Waals surface area (Å²) in [5, 5.41) is 8.75. The number of anilines is 1. The summed E-state index contributed by atoms with van der Waals surface area (Å²) in [4.78, 5) is 38.4. The first-order valence-electron chi connectivity index (χ1n) is 16.1. The van der Waals surface area contributed by atoms with E-state index in [0.29, 0.717) is 36.4 Å². The van der Waals surface area contributed by atoms with E-state index in [9.17, 15) is 9.59 Å². The lowest BCUT2D eigenvalue weighted by molar-refractivity contribution is -0.157. The van der Waals surface area contributed by atoms with Crippen molar-refractivity contribution in [2.75, 3.05) is 32.4 Å². The lowest BCUT2D eigenvalue weighted by atomic mass is 9.98. The number of carbonyl (C=O) groups is 2. The number of nitrogens with zero attached hydrogens (tertiary/aromatic N) is 8. The van der Waals surface area contributed by atoms with Gasteiger partial charge >= 0.3 is 5.97 Å². The summed E-state index contributed by atoms with van der Waals surface area (Å²) >= 11 is 0. The summed E-state index contributed by atoms with van der Waals surface area (Å²) in [6.45, 7) is 9.68. The maximum atomic E-state index is 13.0. The Morgan fingerprint density at radius 2 is 1.89 bits per heavy atom. The van der Waals surface area contributed by atoms with E-state index in [4.69, 9.17) is 15.2 Å². The van der Waals surface area contributed by atoms with Gasteiger partial charge in [0, 0.05) is 43.0 Å². The molecule has 0 bridgehead atoms. The van der Waals surface area contributed by atoms with Crippen molar-refractivity contribution >= 4 is 28.7 Å². The van der Waals surface area contributed by atoms with Crippen molar-refractivity contribution in [3.63, 3.8) is 0 Å². The molecule has 1 aromatic carbocycles. The SMILES string of the molecule is Cc1c(-c2ccc(OCc3cnnn3COC(=O)C(C)(C)C)cc2)c2c(N)ncnc2n1[C@@H]1CCN(C(=O)C=CCN(C)C2CC2)C1. The lowest BCUT2D eigenvalue weighted by Crippen LogP contribution is -2.28. The lowest BCUT2D eigenvalue weighted by Gasteiger charge is -2.18. The predicted molar refractivity (Wildman–Crippen MR) is 177 cm³/mol. The molecule has 4 heterocycles. The van der Waals surface area contributed by atoms with Crippen LogP contribution in [-0.2, 0) is 27.7 Å². The van der Waals surface area contributed by atoms with Crippen LogP contribution in [0.2, 0.25) is 0 Å². The number of benzene rings is 1.